The van der Waals surface area contributed by atoms with Crippen molar-refractivity contribution < 1.29 is 23.9 Å². The second-order valence-electron chi connectivity index (χ2n) is 8.24. The van der Waals surface area contributed by atoms with E-state index in [9.17, 15) is 14.4 Å². The van der Waals surface area contributed by atoms with Crippen LogP contribution in [0.2, 0.25) is 0 Å². The van der Waals surface area contributed by atoms with Gasteiger partial charge in [0.25, 0.3) is 0 Å². The molecule has 1 amide bonds. The van der Waals surface area contributed by atoms with E-state index in [0.29, 0.717) is 44.0 Å². The zero-order valence-electron chi connectivity index (χ0n) is 17.1. The van der Waals surface area contributed by atoms with Gasteiger partial charge in [-0.3, -0.25) is 14.4 Å². The zero-order chi connectivity index (χ0) is 21.8. The van der Waals surface area contributed by atoms with Crippen molar-refractivity contribution in [3.8, 4) is 5.75 Å². The lowest BCUT2D eigenvalue weighted by molar-refractivity contribution is -0.156. The largest absolute Gasteiger partial charge is 0.425 e. The molecule has 0 bridgehead atoms. The van der Waals surface area contributed by atoms with Crippen molar-refractivity contribution in [2.45, 2.75) is 19.3 Å². The molecule has 0 aromatic heterocycles. The van der Waals surface area contributed by atoms with Crippen molar-refractivity contribution >= 4 is 33.6 Å². The molecule has 1 saturated carbocycles. The molecular formula is C24H22BrNO5. The van der Waals surface area contributed by atoms with Gasteiger partial charge >= 0.3 is 5.97 Å². The first-order valence-corrected chi connectivity index (χ1v) is 11.3. The van der Waals surface area contributed by atoms with Gasteiger partial charge in [-0.1, -0.05) is 53.2 Å². The number of ketones is 1. The number of hydrogen-bond donors (Lipinski definition) is 0. The normalized spacial score (nSPS) is 28.9. The monoisotopic (exact) mass is 483 g/mol. The second-order valence-corrected chi connectivity index (χ2v) is 9.15. The quantitative estimate of drug-likeness (QED) is 0.287. The van der Waals surface area contributed by atoms with Crippen molar-refractivity contribution in [2.75, 3.05) is 26.3 Å². The summed E-state index contributed by atoms with van der Waals surface area (Å²) in [4.78, 5) is 43.1. The van der Waals surface area contributed by atoms with E-state index in [2.05, 4.69) is 15.9 Å². The predicted molar refractivity (Wildman–Crippen MR) is 116 cm³/mol. The number of halogens is 1. The Morgan fingerprint density at radius 2 is 1.84 bits per heavy atom. The van der Waals surface area contributed by atoms with Gasteiger partial charge in [-0.2, -0.15) is 0 Å². The molecule has 2 aromatic carbocycles. The number of morpholine rings is 1. The first-order valence-electron chi connectivity index (χ1n) is 10.5. The van der Waals surface area contributed by atoms with Crippen molar-refractivity contribution in [2.24, 2.45) is 10.8 Å². The molecule has 2 aromatic rings. The summed E-state index contributed by atoms with van der Waals surface area (Å²) in [6.07, 6.45) is 0.350. The lowest BCUT2D eigenvalue weighted by Gasteiger charge is -2.32. The van der Waals surface area contributed by atoms with E-state index in [-0.39, 0.29) is 11.7 Å². The van der Waals surface area contributed by atoms with Gasteiger partial charge in [0.2, 0.25) is 5.91 Å². The maximum absolute atomic E-state index is 13.9. The summed E-state index contributed by atoms with van der Waals surface area (Å²) >= 11 is 3.49. The molecular weight excluding hydrogens is 462 g/mol. The van der Waals surface area contributed by atoms with Gasteiger partial charge in [-0.05, 0) is 24.6 Å². The number of hydrogen-bond acceptors (Lipinski definition) is 5. The number of carbonyl (C=O) groups excluding carboxylic acids is 3. The van der Waals surface area contributed by atoms with E-state index >= 15 is 0 Å². The molecule has 1 aliphatic carbocycles. The summed E-state index contributed by atoms with van der Waals surface area (Å²) in [6.45, 7) is 3.49. The van der Waals surface area contributed by atoms with Crippen LogP contribution in [0.5, 0.6) is 5.75 Å². The molecule has 2 aliphatic heterocycles. The molecule has 160 valence electrons. The number of esters is 1. The molecule has 2 fully saturated rings. The number of Topliss-reactive ketones (excluding diaryl/α,β-unsaturated/α-hetero) is 1. The maximum atomic E-state index is 13.9. The smallest absolute Gasteiger partial charge is 0.328 e. The third-order valence-electron chi connectivity index (χ3n) is 6.99. The number of amides is 1. The van der Waals surface area contributed by atoms with E-state index in [1.807, 2.05) is 19.1 Å². The van der Waals surface area contributed by atoms with E-state index < -0.39 is 22.7 Å². The highest BCUT2D eigenvalue weighted by atomic mass is 79.9. The summed E-state index contributed by atoms with van der Waals surface area (Å²) in [7, 11) is 0. The Morgan fingerprint density at radius 1 is 1.13 bits per heavy atom. The van der Waals surface area contributed by atoms with E-state index in [0.717, 1.165) is 10.0 Å². The number of carbonyl (C=O) groups is 3. The SMILES string of the molecule is CC[C@@]1(C(=O)c2ccccc2)[C@@H]2c3cc(Br)ccc3OC(=O)[C@@]21C(=O)N1CCOCC1. The number of benzene rings is 2. The van der Waals surface area contributed by atoms with Crippen molar-refractivity contribution in [3.05, 3.63) is 64.1 Å². The predicted octanol–water partition coefficient (Wildman–Crippen LogP) is 3.59. The molecule has 2 heterocycles. The summed E-state index contributed by atoms with van der Waals surface area (Å²) in [5, 5.41) is 0. The molecule has 5 rings (SSSR count). The van der Waals surface area contributed by atoms with Crippen molar-refractivity contribution in [3.63, 3.8) is 0 Å². The van der Waals surface area contributed by atoms with Crippen LogP contribution in [0.4, 0.5) is 0 Å². The highest BCUT2D eigenvalue weighted by Gasteiger charge is 2.89. The van der Waals surface area contributed by atoms with Crippen LogP contribution in [0, 0.1) is 10.8 Å². The van der Waals surface area contributed by atoms with Gasteiger partial charge in [-0.25, -0.2) is 0 Å². The minimum absolute atomic E-state index is 0.188. The van der Waals surface area contributed by atoms with Crippen molar-refractivity contribution in [1.82, 2.24) is 4.90 Å². The minimum Gasteiger partial charge on any atom is -0.425 e. The van der Waals surface area contributed by atoms with Crippen LogP contribution in [0.15, 0.2) is 53.0 Å². The molecule has 0 spiro atoms. The first kappa shape index (κ1) is 20.4. The molecule has 3 atom stereocenters. The lowest BCUT2D eigenvalue weighted by Crippen LogP contribution is -2.51. The second kappa shape index (κ2) is 7.28. The summed E-state index contributed by atoms with van der Waals surface area (Å²) < 4.78 is 11.9. The summed E-state index contributed by atoms with van der Waals surface area (Å²) in [5.41, 5.74) is -1.52. The Kier molecular flexibility index (Phi) is 4.79. The summed E-state index contributed by atoms with van der Waals surface area (Å²) in [6, 6.07) is 14.3. The number of rotatable bonds is 4. The van der Waals surface area contributed by atoms with Gasteiger partial charge in [0.15, 0.2) is 11.2 Å². The zero-order valence-corrected chi connectivity index (χ0v) is 18.7. The average molecular weight is 484 g/mol. The first-order chi connectivity index (χ1) is 15.0. The third kappa shape index (κ3) is 2.62. The maximum Gasteiger partial charge on any atom is 0.328 e. The molecule has 7 heteroatoms. The highest BCUT2D eigenvalue weighted by molar-refractivity contribution is 9.10. The van der Waals surface area contributed by atoms with Crippen LogP contribution in [-0.4, -0.2) is 48.9 Å². The van der Waals surface area contributed by atoms with Gasteiger partial charge in [0, 0.05) is 34.6 Å². The number of fused-ring (bicyclic) bond motifs is 3. The van der Waals surface area contributed by atoms with Crippen LogP contribution >= 0.6 is 15.9 Å². The lowest BCUT2D eigenvalue weighted by atomic mass is 9.82. The fourth-order valence-electron chi connectivity index (χ4n) is 5.57. The molecule has 31 heavy (non-hydrogen) atoms. The Balaban J connectivity index is 1.71. The molecule has 1 saturated heterocycles. The van der Waals surface area contributed by atoms with Crippen LogP contribution in [0.25, 0.3) is 0 Å². The molecule has 3 aliphatic rings. The summed E-state index contributed by atoms with van der Waals surface area (Å²) in [5.74, 6) is -1.30. The molecule has 0 N–H and O–H groups in total. The Bertz CT molecular complexity index is 1080. The van der Waals surface area contributed by atoms with Crippen molar-refractivity contribution in [1.29, 1.82) is 0 Å². The number of ether oxygens (including phenoxy) is 2. The fraction of sp³-hybridized carbons (Fsp3) is 0.375. The van der Waals surface area contributed by atoms with Gasteiger partial charge < -0.3 is 14.4 Å². The number of nitrogens with zero attached hydrogens (tertiary/aromatic N) is 1. The Morgan fingerprint density at radius 3 is 2.52 bits per heavy atom. The van der Waals surface area contributed by atoms with Gasteiger partial charge in [0.05, 0.1) is 18.6 Å². The van der Waals surface area contributed by atoms with E-state index in [1.54, 1.807) is 41.3 Å². The Labute approximate surface area is 188 Å². The van der Waals surface area contributed by atoms with E-state index in [4.69, 9.17) is 9.47 Å². The Hall–Kier alpha value is -2.51. The third-order valence-corrected chi connectivity index (χ3v) is 7.48. The van der Waals surface area contributed by atoms with E-state index in [1.165, 1.54) is 0 Å². The topological polar surface area (TPSA) is 72.9 Å². The van der Waals surface area contributed by atoms with Crippen LogP contribution in [0.3, 0.4) is 0 Å². The highest BCUT2D eigenvalue weighted by Crippen LogP contribution is 2.80. The van der Waals surface area contributed by atoms with Crippen LogP contribution in [-0.2, 0) is 14.3 Å². The molecule has 0 unspecified atom stereocenters. The molecule has 6 nitrogen and oxygen atoms in total. The van der Waals surface area contributed by atoms with Crippen LogP contribution in [0.1, 0.15) is 35.2 Å². The van der Waals surface area contributed by atoms with Crippen LogP contribution < -0.4 is 4.74 Å². The fourth-order valence-corrected chi connectivity index (χ4v) is 5.95. The minimum atomic E-state index is -1.56. The molecule has 0 radical (unpaired) electrons. The standard InChI is InChI=1S/C24H22BrNO5/c1-2-23(20(27)15-6-4-3-5-7-15)19-17-14-16(25)8-9-18(17)31-22(29)24(19,23)21(28)26-10-12-30-13-11-26/h3-9,14,19H,2,10-13H2,1H3/t19-,23-,24-/m0/s1. The van der Waals surface area contributed by atoms with Gasteiger partial charge in [-0.15, -0.1) is 0 Å². The van der Waals surface area contributed by atoms with Gasteiger partial charge in [0.1, 0.15) is 5.75 Å². The average Bonchev–Trinajstić information content (AvgIpc) is 3.46.